The number of anilines is 1. The van der Waals surface area contributed by atoms with E-state index in [-0.39, 0.29) is 5.92 Å². The highest BCUT2D eigenvalue weighted by molar-refractivity contribution is 5.79. The minimum atomic E-state index is 0.0948. The molecule has 1 amide bonds. The van der Waals surface area contributed by atoms with Crippen molar-refractivity contribution in [1.29, 1.82) is 0 Å². The van der Waals surface area contributed by atoms with Crippen LogP contribution in [0.2, 0.25) is 0 Å². The molecule has 1 aromatic heterocycles. The number of amides is 1. The Morgan fingerprint density at radius 3 is 2.48 bits per heavy atom. The fourth-order valence-corrected chi connectivity index (χ4v) is 3.78. The van der Waals surface area contributed by atoms with E-state index in [0.29, 0.717) is 24.3 Å². The zero-order chi connectivity index (χ0) is 14.2. The van der Waals surface area contributed by atoms with Crippen LogP contribution >= 0.6 is 0 Å². The van der Waals surface area contributed by atoms with Crippen LogP contribution < -0.4 is 4.90 Å². The SMILES string of the molecule is O=C(C1CCOC1)N1C[C@@H]2CN(c3ncccn3)C[C@@H]2C1. The maximum absolute atomic E-state index is 12.4. The zero-order valence-electron chi connectivity index (χ0n) is 12.0. The van der Waals surface area contributed by atoms with Crippen LogP contribution in [0.5, 0.6) is 0 Å². The first kappa shape index (κ1) is 13.0. The lowest BCUT2D eigenvalue weighted by Gasteiger charge is -2.23. The molecular weight excluding hydrogens is 268 g/mol. The first-order chi connectivity index (χ1) is 10.3. The number of rotatable bonds is 2. The summed E-state index contributed by atoms with van der Waals surface area (Å²) < 4.78 is 5.33. The van der Waals surface area contributed by atoms with Crippen molar-refractivity contribution < 1.29 is 9.53 Å². The molecule has 4 rings (SSSR count). The van der Waals surface area contributed by atoms with Gasteiger partial charge in [-0.2, -0.15) is 0 Å². The third-order valence-corrected chi connectivity index (χ3v) is 4.91. The van der Waals surface area contributed by atoms with Gasteiger partial charge in [0.25, 0.3) is 0 Å². The topological polar surface area (TPSA) is 58.6 Å². The molecule has 21 heavy (non-hydrogen) atoms. The maximum atomic E-state index is 12.4. The Bertz CT molecular complexity index is 504. The van der Waals surface area contributed by atoms with Crippen LogP contribution in [0.3, 0.4) is 0 Å². The Hall–Kier alpha value is -1.69. The van der Waals surface area contributed by atoms with Crippen LogP contribution in [-0.2, 0) is 9.53 Å². The lowest BCUT2D eigenvalue weighted by molar-refractivity contribution is -0.134. The van der Waals surface area contributed by atoms with Gasteiger partial charge in [0.15, 0.2) is 0 Å². The Morgan fingerprint density at radius 1 is 1.14 bits per heavy atom. The summed E-state index contributed by atoms with van der Waals surface area (Å²) in [7, 11) is 0. The van der Waals surface area contributed by atoms with Gasteiger partial charge < -0.3 is 14.5 Å². The molecule has 0 saturated carbocycles. The number of hydrogen-bond donors (Lipinski definition) is 0. The summed E-state index contributed by atoms with van der Waals surface area (Å²) in [5.74, 6) is 2.32. The standard InChI is InChI=1S/C15H20N4O2/c20-14(11-2-5-21-10-11)18-6-12-8-19(9-13(12)7-18)15-16-3-1-4-17-15/h1,3-4,11-13H,2,5-10H2/t11?,12-,13+. The van der Waals surface area contributed by atoms with E-state index < -0.39 is 0 Å². The normalized spacial score (nSPS) is 31.7. The summed E-state index contributed by atoms with van der Waals surface area (Å²) in [4.78, 5) is 25.4. The molecule has 0 aliphatic carbocycles. The highest BCUT2D eigenvalue weighted by Crippen LogP contribution is 2.33. The molecule has 3 saturated heterocycles. The van der Waals surface area contributed by atoms with E-state index in [9.17, 15) is 4.79 Å². The van der Waals surface area contributed by atoms with E-state index in [1.807, 2.05) is 6.07 Å². The fraction of sp³-hybridized carbons (Fsp3) is 0.667. The molecule has 6 heteroatoms. The molecule has 112 valence electrons. The minimum Gasteiger partial charge on any atom is -0.381 e. The maximum Gasteiger partial charge on any atom is 0.228 e. The Morgan fingerprint density at radius 2 is 1.86 bits per heavy atom. The number of nitrogens with zero attached hydrogens (tertiary/aromatic N) is 4. The molecular formula is C15H20N4O2. The number of hydrogen-bond acceptors (Lipinski definition) is 5. The van der Waals surface area contributed by atoms with E-state index >= 15 is 0 Å². The van der Waals surface area contributed by atoms with E-state index in [2.05, 4.69) is 19.8 Å². The second kappa shape index (κ2) is 5.26. The average molecular weight is 288 g/mol. The summed E-state index contributed by atoms with van der Waals surface area (Å²) in [6.07, 6.45) is 4.45. The highest BCUT2D eigenvalue weighted by atomic mass is 16.5. The summed E-state index contributed by atoms with van der Waals surface area (Å²) >= 11 is 0. The Labute approximate surface area is 124 Å². The van der Waals surface area contributed by atoms with E-state index in [4.69, 9.17) is 4.74 Å². The van der Waals surface area contributed by atoms with Crippen LogP contribution in [0, 0.1) is 17.8 Å². The quantitative estimate of drug-likeness (QED) is 0.789. The van der Waals surface area contributed by atoms with Gasteiger partial charge in [0.1, 0.15) is 0 Å². The van der Waals surface area contributed by atoms with Crippen molar-refractivity contribution >= 4 is 11.9 Å². The van der Waals surface area contributed by atoms with Gasteiger partial charge in [-0.05, 0) is 12.5 Å². The van der Waals surface area contributed by atoms with Crippen LogP contribution in [0.1, 0.15) is 6.42 Å². The van der Waals surface area contributed by atoms with Gasteiger partial charge in [0, 0.05) is 57.0 Å². The molecule has 0 aromatic carbocycles. The second-order valence-corrected chi connectivity index (χ2v) is 6.28. The number of carbonyl (C=O) groups excluding carboxylic acids is 1. The van der Waals surface area contributed by atoms with Gasteiger partial charge >= 0.3 is 0 Å². The molecule has 4 heterocycles. The number of carbonyl (C=O) groups is 1. The second-order valence-electron chi connectivity index (χ2n) is 6.28. The van der Waals surface area contributed by atoms with Crippen LogP contribution in [0.4, 0.5) is 5.95 Å². The fourth-order valence-electron chi connectivity index (χ4n) is 3.78. The molecule has 6 nitrogen and oxygen atoms in total. The zero-order valence-corrected chi connectivity index (χ0v) is 12.0. The largest absolute Gasteiger partial charge is 0.381 e. The molecule has 0 radical (unpaired) electrons. The molecule has 1 aromatic rings. The number of likely N-dealkylation sites (tertiary alicyclic amines) is 1. The van der Waals surface area contributed by atoms with Crippen molar-refractivity contribution in [3.63, 3.8) is 0 Å². The van der Waals surface area contributed by atoms with Gasteiger partial charge in [-0.1, -0.05) is 0 Å². The molecule has 3 aliphatic heterocycles. The molecule has 3 atom stereocenters. The van der Waals surface area contributed by atoms with E-state index in [1.165, 1.54) is 0 Å². The molecule has 3 aliphatic rings. The number of ether oxygens (including phenoxy) is 1. The number of aromatic nitrogens is 2. The monoisotopic (exact) mass is 288 g/mol. The summed E-state index contributed by atoms with van der Waals surface area (Å²) in [5, 5.41) is 0. The van der Waals surface area contributed by atoms with Crippen molar-refractivity contribution in [1.82, 2.24) is 14.9 Å². The van der Waals surface area contributed by atoms with Crippen molar-refractivity contribution in [3.8, 4) is 0 Å². The van der Waals surface area contributed by atoms with Gasteiger partial charge in [-0.3, -0.25) is 4.79 Å². The van der Waals surface area contributed by atoms with Gasteiger partial charge in [-0.15, -0.1) is 0 Å². The predicted molar refractivity (Wildman–Crippen MR) is 76.7 cm³/mol. The molecule has 0 N–H and O–H groups in total. The number of fused-ring (bicyclic) bond motifs is 1. The first-order valence-electron chi connectivity index (χ1n) is 7.70. The molecule has 0 spiro atoms. The van der Waals surface area contributed by atoms with Crippen molar-refractivity contribution in [2.24, 2.45) is 17.8 Å². The smallest absolute Gasteiger partial charge is 0.228 e. The Kier molecular flexibility index (Phi) is 3.25. The molecule has 1 unspecified atom stereocenters. The summed E-state index contributed by atoms with van der Waals surface area (Å²) in [6.45, 7) is 5.01. The predicted octanol–water partition coefficient (Wildman–Crippen LogP) is 0.408. The minimum absolute atomic E-state index is 0.0948. The van der Waals surface area contributed by atoms with Crippen LogP contribution in [-0.4, -0.2) is 60.2 Å². The summed E-state index contributed by atoms with van der Waals surface area (Å²) in [6, 6.07) is 1.84. The Balaban J connectivity index is 1.38. The van der Waals surface area contributed by atoms with Gasteiger partial charge in [0.2, 0.25) is 11.9 Å². The first-order valence-corrected chi connectivity index (χ1v) is 7.70. The van der Waals surface area contributed by atoms with E-state index in [1.54, 1.807) is 12.4 Å². The molecule has 3 fully saturated rings. The van der Waals surface area contributed by atoms with Crippen molar-refractivity contribution in [3.05, 3.63) is 18.5 Å². The highest BCUT2D eigenvalue weighted by Gasteiger charge is 2.43. The third kappa shape index (κ3) is 2.37. The molecule has 0 bridgehead atoms. The lowest BCUT2D eigenvalue weighted by atomic mass is 10.0. The third-order valence-electron chi connectivity index (χ3n) is 4.91. The summed E-state index contributed by atoms with van der Waals surface area (Å²) in [5.41, 5.74) is 0. The van der Waals surface area contributed by atoms with Gasteiger partial charge in [0.05, 0.1) is 12.5 Å². The van der Waals surface area contributed by atoms with Crippen LogP contribution in [0.15, 0.2) is 18.5 Å². The lowest BCUT2D eigenvalue weighted by Crippen LogP contribution is -2.37. The van der Waals surface area contributed by atoms with Crippen LogP contribution in [0.25, 0.3) is 0 Å². The average Bonchev–Trinajstić information content (AvgIpc) is 3.23. The van der Waals surface area contributed by atoms with E-state index in [0.717, 1.165) is 45.2 Å². The van der Waals surface area contributed by atoms with Crippen molar-refractivity contribution in [2.45, 2.75) is 6.42 Å². The van der Waals surface area contributed by atoms with Gasteiger partial charge in [-0.25, -0.2) is 9.97 Å². The van der Waals surface area contributed by atoms with Crippen molar-refractivity contribution in [2.75, 3.05) is 44.3 Å².